The van der Waals surface area contributed by atoms with Gasteiger partial charge in [-0.05, 0) is 30.7 Å². The fourth-order valence-electron chi connectivity index (χ4n) is 3.34. The van der Waals surface area contributed by atoms with Crippen LogP contribution < -0.4 is 15.4 Å². The fourth-order valence-corrected chi connectivity index (χ4v) is 3.34. The minimum Gasteiger partial charge on any atom is -0.491 e. The maximum absolute atomic E-state index is 11.4. The third-order valence-corrected chi connectivity index (χ3v) is 4.95. The van der Waals surface area contributed by atoms with E-state index in [4.69, 9.17) is 19.9 Å². The van der Waals surface area contributed by atoms with Crippen molar-refractivity contribution in [2.24, 2.45) is 5.73 Å². The lowest BCUT2D eigenvalue weighted by molar-refractivity contribution is -0.118. The summed E-state index contributed by atoms with van der Waals surface area (Å²) in [5.74, 6) is 0.357. The van der Waals surface area contributed by atoms with Gasteiger partial charge in [0.25, 0.3) is 5.91 Å². The first-order chi connectivity index (χ1) is 13.9. The van der Waals surface area contributed by atoms with Gasteiger partial charge in [0, 0.05) is 25.9 Å². The Hall–Kier alpha value is -2.97. The van der Waals surface area contributed by atoms with Gasteiger partial charge in [-0.2, -0.15) is 0 Å². The molecule has 29 heavy (non-hydrogen) atoms. The van der Waals surface area contributed by atoms with Crippen LogP contribution in [-0.4, -0.2) is 44.2 Å². The van der Waals surface area contributed by atoms with Crippen molar-refractivity contribution >= 4 is 17.5 Å². The predicted molar refractivity (Wildman–Crippen MR) is 107 cm³/mol. The Morgan fingerprint density at radius 3 is 2.86 bits per heavy atom. The molecule has 1 aromatic carbocycles. The minimum absolute atomic E-state index is 0.102. The van der Waals surface area contributed by atoms with Crippen LogP contribution in [0.25, 0.3) is 0 Å². The molecule has 0 bridgehead atoms. The Kier molecular flexibility index (Phi) is 6.14. The van der Waals surface area contributed by atoms with Crippen molar-refractivity contribution in [2.75, 3.05) is 32.3 Å². The topological polar surface area (TPSA) is 104 Å². The summed E-state index contributed by atoms with van der Waals surface area (Å²) < 4.78 is 16.2. The van der Waals surface area contributed by atoms with Crippen molar-refractivity contribution in [3.8, 4) is 5.75 Å². The lowest BCUT2D eigenvalue weighted by Gasteiger charge is -2.23. The van der Waals surface area contributed by atoms with Gasteiger partial charge in [-0.3, -0.25) is 14.6 Å². The number of pyridine rings is 1. The Morgan fingerprint density at radius 2 is 2.14 bits per heavy atom. The van der Waals surface area contributed by atoms with Crippen LogP contribution in [0.1, 0.15) is 35.0 Å². The number of ether oxygens (including phenoxy) is 3. The largest absolute Gasteiger partial charge is 0.491 e. The average molecular weight is 399 g/mol. The first kappa shape index (κ1) is 20.8. The predicted octanol–water partition coefficient (Wildman–Crippen LogP) is 2.00. The smallest absolute Gasteiger partial charge is 0.267 e. The molecule has 0 spiro atoms. The molecule has 8 nitrogen and oxygen atoms in total. The van der Waals surface area contributed by atoms with Crippen molar-refractivity contribution in [3.05, 3.63) is 53.3 Å². The summed E-state index contributed by atoms with van der Waals surface area (Å²) in [5, 5.41) is 0. The summed E-state index contributed by atoms with van der Waals surface area (Å²) in [4.78, 5) is 28.1. The SMILES string of the molecule is CN1C(=O)CCOc2ccccc21.COCC1(C)OCc2cnc(C(N)=O)cc21. The van der Waals surface area contributed by atoms with E-state index in [1.54, 1.807) is 31.3 Å². The van der Waals surface area contributed by atoms with Gasteiger partial charge in [0.2, 0.25) is 5.91 Å². The highest BCUT2D eigenvalue weighted by atomic mass is 16.5. The van der Waals surface area contributed by atoms with Crippen molar-refractivity contribution in [1.29, 1.82) is 0 Å². The highest BCUT2D eigenvalue weighted by molar-refractivity contribution is 5.95. The molecule has 154 valence electrons. The summed E-state index contributed by atoms with van der Waals surface area (Å²) in [7, 11) is 3.39. The number of fused-ring (bicyclic) bond motifs is 2. The molecule has 1 aromatic heterocycles. The Bertz CT molecular complexity index is 913. The molecule has 3 heterocycles. The molecular formula is C21H25N3O5. The van der Waals surface area contributed by atoms with Crippen molar-refractivity contribution in [3.63, 3.8) is 0 Å². The van der Waals surface area contributed by atoms with Crippen LogP contribution in [0.4, 0.5) is 5.69 Å². The van der Waals surface area contributed by atoms with Crippen molar-refractivity contribution in [2.45, 2.75) is 25.6 Å². The molecule has 2 amide bonds. The Balaban J connectivity index is 0.000000169. The van der Waals surface area contributed by atoms with Crippen LogP contribution in [-0.2, 0) is 26.5 Å². The van der Waals surface area contributed by atoms with E-state index in [1.807, 2.05) is 31.2 Å². The van der Waals surface area contributed by atoms with Crippen LogP contribution in [0.15, 0.2) is 36.5 Å². The fraction of sp³-hybridized carbons (Fsp3) is 0.381. The number of nitrogens with two attached hydrogens (primary N) is 1. The summed E-state index contributed by atoms with van der Waals surface area (Å²) in [6.45, 7) is 3.32. The van der Waals surface area contributed by atoms with Gasteiger partial charge in [-0.15, -0.1) is 0 Å². The Morgan fingerprint density at radius 1 is 1.38 bits per heavy atom. The standard InChI is InChI=1S/C11H14N2O3.C10H11NO2/c1-11(6-15-2)8-3-9(10(12)14)13-4-7(8)5-16-11;1-11-8-4-2-3-5-9(8)13-7-6-10(11)12/h3-4H,5-6H2,1-2H3,(H2,12,14);2-5H,6-7H2,1H3. The first-order valence-electron chi connectivity index (χ1n) is 9.26. The van der Waals surface area contributed by atoms with Crippen LogP contribution in [0.2, 0.25) is 0 Å². The molecule has 0 aliphatic carbocycles. The third-order valence-electron chi connectivity index (χ3n) is 4.95. The van der Waals surface area contributed by atoms with E-state index in [9.17, 15) is 9.59 Å². The van der Waals surface area contributed by atoms with Gasteiger partial charge in [0.15, 0.2) is 0 Å². The van der Waals surface area contributed by atoms with E-state index in [2.05, 4.69) is 4.98 Å². The van der Waals surface area contributed by atoms with Gasteiger partial charge in [-0.1, -0.05) is 12.1 Å². The second-order valence-corrected chi connectivity index (χ2v) is 7.06. The summed E-state index contributed by atoms with van der Waals surface area (Å²) in [6, 6.07) is 9.26. The molecule has 2 N–H and O–H groups in total. The molecule has 0 saturated heterocycles. The summed E-state index contributed by atoms with van der Waals surface area (Å²) in [6.07, 6.45) is 2.08. The monoisotopic (exact) mass is 399 g/mol. The van der Waals surface area contributed by atoms with Crippen LogP contribution in [0.5, 0.6) is 5.75 Å². The zero-order chi connectivity index (χ0) is 21.0. The Labute approximate surface area is 169 Å². The molecular weight excluding hydrogens is 374 g/mol. The third kappa shape index (κ3) is 4.38. The second kappa shape index (κ2) is 8.59. The van der Waals surface area contributed by atoms with E-state index in [0.717, 1.165) is 22.6 Å². The summed E-state index contributed by atoms with van der Waals surface area (Å²) >= 11 is 0. The van der Waals surface area contributed by atoms with Gasteiger partial charge in [0.1, 0.15) is 17.0 Å². The molecule has 0 fully saturated rings. The number of carbonyl (C=O) groups is 2. The van der Waals surface area contributed by atoms with Gasteiger partial charge >= 0.3 is 0 Å². The highest BCUT2D eigenvalue weighted by Crippen LogP contribution is 2.36. The zero-order valence-electron chi connectivity index (χ0n) is 16.8. The zero-order valence-corrected chi connectivity index (χ0v) is 16.8. The molecule has 2 aliphatic heterocycles. The molecule has 1 unspecified atom stereocenters. The van der Waals surface area contributed by atoms with E-state index >= 15 is 0 Å². The number of aromatic nitrogens is 1. The maximum atomic E-state index is 11.4. The molecule has 8 heteroatoms. The number of benzene rings is 1. The van der Waals surface area contributed by atoms with E-state index in [0.29, 0.717) is 26.2 Å². The van der Waals surface area contributed by atoms with Gasteiger partial charge < -0.3 is 24.8 Å². The number of rotatable bonds is 3. The quantitative estimate of drug-likeness (QED) is 0.847. The number of carbonyl (C=O) groups excluding carboxylic acids is 2. The number of anilines is 1. The maximum Gasteiger partial charge on any atom is 0.267 e. The number of hydrogen-bond donors (Lipinski definition) is 1. The summed E-state index contributed by atoms with van der Waals surface area (Å²) in [5.41, 5.74) is 7.69. The number of nitrogens with zero attached hydrogens (tertiary/aromatic N) is 2. The van der Waals surface area contributed by atoms with Crippen LogP contribution in [0, 0.1) is 0 Å². The van der Waals surface area contributed by atoms with Crippen molar-refractivity contribution in [1.82, 2.24) is 4.98 Å². The highest BCUT2D eigenvalue weighted by Gasteiger charge is 2.36. The lowest BCUT2D eigenvalue weighted by Crippen LogP contribution is -2.27. The minimum atomic E-state index is -0.533. The van der Waals surface area contributed by atoms with Crippen LogP contribution >= 0.6 is 0 Å². The van der Waals surface area contributed by atoms with Crippen molar-refractivity contribution < 1.29 is 23.8 Å². The molecule has 0 saturated carbocycles. The molecule has 2 aromatic rings. The number of amides is 2. The number of hydrogen-bond acceptors (Lipinski definition) is 6. The second-order valence-electron chi connectivity index (χ2n) is 7.06. The van der Waals surface area contributed by atoms with E-state index in [-0.39, 0.29) is 11.6 Å². The average Bonchev–Trinajstić information content (AvgIpc) is 2.96. The number of methoxy groups -OCH3 is 1. The van der Waals surface area contributed by atoms with E-state index < -0.39 is 11.5 Å². The van der Waals surface area contributed by atoms with E-state index in [1.165, 1.54) is 0 Å². The molecule has 2 aliphatic rings. The lowest BCUT2D eigenvalue weighted by atomic mass is 9.95. The molecule has 1 atom stereocenters. The number of primary amides is 1. The van der Waals surface area contributed by atoms with Crippen LogP contribution in [0.3, 0.4) is 0 Å². The number of para-hydroxylation sites is 2. The normalized spacial score (nSPS) is 20.0. The molecule has 0 radical (unpaired) electrons. The molecule has 4 rings (SSSR count). The van der Waals surface area contributed by atoms with Gasteiger partial charge in [0.05, 0.1) is 31.9 Å². The first-order valence-corrected chi connectivity index (χ1v) is 9.26. The van der Waals surface area contributed by atoms with Gasteiger partial charge in [-0.25, -0.2) is 0 Å².